The zero-order chi connectivity index (χ0) is 12.8. The second-order valence-electron chi connectivity index (χ2n) is 4.40. The van der Waals surface area contributed by atoms with Crippen molar-refractivity contribution < 1.29 is 9.53 Å². The van der Waals surface area contributed by atoms with E-state index in [-0.39, 0.29) is 11.9 Å². The van der Waals surface area contributed by atoms with Crippen molar-refractivity contribution in [1.29, 1.82) is 0 Å². The second-order valence-corrected chi connectivity index (χ2v) is 4.40. The first-order chi connectivity index (χ1) is 8.11. The fraction of sp³-hybridized carbons (Fsp3) is 0.692. The van der Waals surface area contributed by atoms with Gasteiger partial charge in [-0.05, 0) is 19.3 Å². The van der Waals surface area contributed by atoms with Crippen LogP contribution in [0, 0.1) is 0 Å². The molecule has 0 aliphatic rings. The predicted molar refractivity (Wildman–Crippen MR) is 67.2 cm³/mol. The van der Waals surface area contributed by atoms with Gasteiger partial charge in [0, 0.05) is 6.54 Å². The summed E-state index contributed by atoms with van der Waals surface area (Å²) < 4.78 is 6.98. The summed E-state index contributed by atoms with van der Waals surface area (Å²) in [6.45, 7) is 9.36. The van der Waals surface area contributed by atoms with Crippen LogP contribution in [0.15, 0.2) is 6.20 Å². The highest BCUT2D eigenvalue weighted by molar-refractivity contribution is 5.90. The van der Waals surface area contributed by atoms with Crippen LogP contribution in [0.4, 0.5) is 0 Å². The first-order valence-electron chi connectivity index (χ1n) is 6.34. The number of unbranched alkanes of at least 4 members (excludes halogenated alkanes) is 1. The Hall–Kier alpha value is -1.32. The topological polar surface area (TPSA) is 44.1 Å². The fourth-order valence-corrected chi connectivity index (χ4v) is 1.86. The molecule has 0 aromatic carbocycles. The highest BCUT2D eigenvalue weighted by Gasteiger charge is 2.20. The van der Waals surface area contributed by atoms with Crippen LogP contribution in [0.3, 0.4) is 0 Å². The lowest BCUT2D eigenvalue weighted by Crippen LogP contribution is -2.12. The van der Waals surface area contributed by atoms with E-state index in [4.69, 9.17) is 4.74 Å². The zero-order valence-corrected chi connectivity index (χ0v) is 11.2. The van der Waals surface area contributed by atoms with Gasteiger partial charge in [0.2, 0.25) is 0 Å². The maximum atomic E-state index is 11.8. The van der Waals surface area contributed by atoms with Crippen LogP contribution >= 0.6 is 0 Å². The third-order valence-corrected chi connectivity index (χ3v) is 2.65. The molecule has 0 fully saturated rings. The first kappa shape index (κ1) is 13.7. The largest absolute Gasteiger partial charge is 0.462 e. The maximum Gasteiger partial charge on any atom is 0.341 e. The van der Waals surface area contributed by atoms with Gasteiger partial charge in [-0.2, -0.15) is 5.10 Å². The molecule has 4 heteroatoms. The molecule has 1 aromatic rings. The molecule has 0 unspecified atom stereocenters. The van der Waals surface area contributed by atoms with E-state index in [1.807, 2.05) is 11.6 Å². The normalized spacial score (nSPS) is 10.9. The number of hydrogen-bond donors (Lipinski definition) is 0. The molecule has 0 aliphatic carbocycles. The van der Waals surface area contributed by atoms with Crippen LogP contribution in [0.5, 0.6) is 0 Å². The molecule has 0 spiro atoms. The first-order valence-corrected chi connectivity index (χ1v) is 6.34. The van der Waals surface area contributed by atoms with E-state index in [0.717, 1.165) is 25.1 Å². The summed E-state index contributed by atoms with van der Waals surface area (Å²) in [6.07, 6.45) is 3.82. The molecular formula is C13H22N2O2. The molecule has 0 amide bonds. The molecule has 1 aromatic heterocycles. The molecular weight excluding hydrogens is 216 g/mol. The number of carbonyl (C=O) groups excluding carboxylic acids is 1. The monoisotopic (exact) mass is 238 g/mol. The average Bonchev–Trinajstić information content (AvgIpc) is 2.70. The van der Waals surface area contributed by atoms with E-state index in [9.17, 15) is 4.79 Å². The Morgan fingerprint density at radius 1 is 1.47 bits per heavy atom. The molecule has 0 bridgehead atoms. The van der Waals surface area contributed by atoms with Crippen molar-refractivity contribution in [2.24, 2.45) is 0 Å². The van der Waals surface area contributed by atoms with Crippen molar-refractivity contribution in [1.82, 2.24) is 9.78 Å². The van der Waals surface area contributed by atoms with Gasteiger partial charge >= 0.3 is 5.97 Å². The Bertz CT molecular complexity index is 369. The quantitative estimate of drug-likeness (QED) is 0.716. The summed E-state index contributed by atoms with van der Waals surface area (Å²) >= 11 is 0. The Kier molecular flexibility index (Phi) is 5.19. The third-order valence-electron chi connectivity index (χ3n) is 2.65. The second kappa shape index (κ2) is 6.42. The molecule has 0 radical (unpaired) electrons. The minimum Gasteiger partial charge on any atom is -0.462 e. The number of hydrogen-bond acceptors (Lipinski definition) is 3. The average molecular weight is 238 g/mol. The number of aromatic nitrogens is 2. The van der Waals surface area contributed by atoms with Gasteiger partial charge in [-0.1, -0.05) is 27.2 Å². The molecule has 0 N–H and O–H groups in total. The van der Waals surface area contributed by atoms with Crippen LogP contribution in [0.25, 0.3) is 0 Å². The minimum absolute atomic E-state index is 0.265. The smallest absolute Gasteiger partial charge is 0.341 e. The van der Waals surface area contributed by atoms with Gasteiger partial charge in [-0.3, -0.25) is 4.68 Å². The molecule has 4 nitrogen and oxygen atoms in total. The van der Waals surface area contributed by atoms with E-state index in [1.54, 1.807) is 6.20 Å². The van der Waals surface area contributed by atoms with Crippen molar-refractivity contribution in [2.75, 3.05) is 6.61 Å². The SMILES string of the molecule is CCCCn1ncc(C(=O)OCC)c1C(C)C. The molecule has 1 heterocycles. The Morgan fingerprint density at radius 3 is 2.71 bits per heavy atom. The van der Waals surface area contributed by atoms with Crippen LogP contribution in [0.1, 0.15) is 62.5 Å². The lowest BCUT2D eigenvalue weighted by Gasteiger charge is -2.11. The summed E-state index contributed by atoms with van der Waals surface area (Å²) in [5.74, 6) is 0.00714. The number of carbonyl (C=O) groups is 1. The lowest BCUT2D eigenvalue weighted by atomic mass is 10.1. The zero-order valence-electron chi connectivity index (χ0n) is 11.2. The van der Waals surface area contributed by atoms with Crippen LogP contribution in [-0.4, -0.2) is 22.4 Å². The van der Waals surface area contributed by atoms with Crippen molar-refractivity contribution in [3.8, 4) is 0 Å². The van der Waals surface area contributed by atoms with Crippen LogP contribution < -0.4 is 0 Å². The van der Waals surface area contributed by atoms with Crippen molar-refractivity contribution in [2.45, 2.75) is 53.0 Å². The third kappa shape index (κ3) is 3.32. The van der Waals surface area contributed by atoms with E-state index in [2.05, 4.69) is 25.9 Å². The maximum absolute atomic E-state index is 11.8. The number of esters is 1. The van der Waals surface area contributed by atoms with Gasteiger partial charge < -0.3 is 4.74 Å². The predicted octanol–water partition coefficient (Wildman–Crippen LogP) is 2.98. The van der Waals surface area contributed by atoms with E-state index >= 15 is 0 Å². The van der Waals surface area contributed by atoms with Crippen molar-refractivity contribution in [3.63, 3.8) is 0 Å². The Balaban J connectivity index is 2.97. The summed E-state index contributed by atoms with van der Waals surface area (Å²) in [4.78, 5) is 11.8. The number of rotatable bonds is 6. The lowest BCUT2D eigenvalue weighted by molar-refractivity contribution is 0.0524. The molecule has 1 rings (SSSR count). The molecule has 96 valence electrons. The van der Waals surface area contributed by atoms with Crippen LogP contribution in [0.2, 0.25) is 0 Å². The Labute approximate surface area is 103 Å². The van der Waals surface area contributed by atoms with Gasteiger partial charge in [0.05, 0.1) is 18.5 Å². The number of aryl methyl sites for hydroxylation is 1. The van der Waals surface area contributed by atoms with Gasteiger partial charge in [-0.15, -0.1) is 0 Å². The van der Waals surface area contributed by atoms with Gasteiger partial charge in [0.25, 0.3) is 0 Å². The summed E-state index contributed by atoms with van der Waals surface area (Å²) in [5, 5.41) is 4.29. The summed E-state index contributed by atoms with van der Waals surface area (Å²) in [5.41, 5.74) is 1.59. The molecule has 0 saturated heterocycles. The molecule has 0 saturated carbocycles. The van der Waals surface area contributed by atoms with Crippen molar-refractivity contribution >= 4 is 5.97 Å². The summed E-state index contributed by atoms with van der Waals surface area (Å²) in [6, 6.07) is 0. The molecule has 17 heavy (non-hydrogen) atoms. The summed E-state index contributed by atoms with van der Waals surface area (Å²) in [7, 11) is 0. The van der Waals surface area contributed by atoms with E-state index in [0.29, 0.717) is 12.2 Å². The van der Waals surface area contributed by atoms with E-state index in [1.165, 1.54) is 0 Å². The fourth-order valence-electron chi connectivity index (χ4n) is 1.86. The van der Waals surface area contributed by atoms with Crippen LogP contribution in [-0.2, 0) is 11.3 Å². The van der Waals surface area contributed by atoms with Gasteiger partial charge in [0.1, 0.15) is 5.56 Å². The minimum atomic E-state index is -0.265. The van der Waals surface area contributed by atoms with Gasteiger partial charge in [0.15, 0.2) is 0 Å². The van der Waals surface area contributed by atoms with Crippen molar-refractivity contribution in [3.05, 3.63) is 17.5 Å². The highest BCUT2D eigenvalue weighted by Crippen LogP contribution is 2.20. The molecule has 0 atom stereocenters. The molecule has 0 aliphatic heterocycles. The van der Waals surface area contributed by atoms with Gasteiger partial charge in [-0.25, -0.2) is 4.79 Å². The Morgan fingerprint density at radius 2 is 2.18 bits per heavy atom. The standard InChI is InChI=1S/C13H22N2O2/c1-5-7-8-15-12(10(3)4)11(9-14-15)13(16)17-6-2/h9-10H,5-8H2,1-4H3. The number of nitrogens with zero attached hydrogens (tertiary/aromatic N) is 2. The number of ether oxygens (including phenoxy) is 1. The van der Waals surface area contributed by atoms with E-state index < -0.39 is 0 Å². The highest BCUT2D eigenvalue weighted by atomic mass is 16.5.